The summed E-state index contributed by atoms with van der Waals surface area (Å²) in [5.74, 6) is -2.87. The number of benzene rings is 2. The summed E-state index contributed by atoms with van der Waals surface area (Å²) in [6, 6.07) is 10.4. The van der Waals surface area contributed by atoms with Gasteiger partial charge in [-0.2, -0.15) is 0 Å². The zero-order chi connectivity index (χ0) is 23.9. The van der Waals surface area contributed by atoms with Gasteiger partial charge in [0.1, 0.15) is 5.92 Å². The molecule has 33 heavy (non-hydrogen) atoms. The summed E-state index contributed by atoms with van der Waals surface area (Å²) in [6.45, 7) is 3.87. The zero-order valence-corrected chi connectivity index (χ0v) is 20.5. The second-order valence-electron chi connectivity index (χ2n) is 7.29. The molecular formula is C22H16Cl2N4O3S2. The molecule has 2 saturated heterocycles. The highest BCUT2D eigenvalue weighted by atomic mass is 35.5. The first-order valence-electron chi connectivity index (χ1n) is 9.65. The number of carbonyl (C=O) groups is 3. The Bertz CT molecular complexity index is 1290. The minimum atomic E-state index is -1.24. The van der Waals surface area contributed by atoms with Crippen molar-refractivity contribution in [3.05, 3.63) is 68.6 Å². The normalized spacial score (nSPS) is 21.1. The maximum Gasteiger partial charge on any atom is 0.263 e. The molecule has 168 valence electrons. The molecule has 0 bridgehead atoms. The molecule has 2 fully saturated rings. The van der Waals surface area contributed by atoms with Crippen LogP contribution in [0.15, 0.2) is 52.4 Å². The summed E-state index contributed by atoms with van der Waals surface area (Å²) in [6.07, 6.45) is 1.32. The highest BCUT2D eigenvalue weighted by Crippen LogP contribution is 2.35. The van der Waals surface area contributed by atoms with E-state index < -0.39 is 23.6 Å². The van der Waals surface area contributed by atoms with Crippen LogP contribution in [-0.4, -0.2) is 28.0 Å². The summed E-state index contributed by atoms with van der Waals surface area (Å²) in [4.78, 5) is 44.0. The van der Waals surface area contributed by atoms with Crippen LogP contribution in [0.4, 0.5) is 11.4 Å². The molecule has 2 aromatic carbocycles. The van der Waals surface area contributed by atoms with Gasteiger partial charge in [0.2, 0.25) is 11.8 Å². The smallest absolute Gasteiger partial charge is 0.263 e. The van der Waals surface area contributed by atoms with Crippen molar-refractivity contribution in [3.8, 4) is 0 Å². The molecule has 3 amide bonds. The molecule has 2 aromatic rings. The van der Waals surface area contributed by atoms with Crippen molar-refractivity contribution < 1.29 is 14.4 Å². The van der Waals surface area contributed by atoms with E-state index >= 15 is 0 Å². The average Bonchev–Trinajstić information content (AvgIpc) is 3.10. The fourth-order valence-electron chi connectivity index (χ4n) is 3.18. The molecule has 0 unspecified atom stereocenters. The van der Waals surface area contributed by atoms with Crippen LogP contribution in [0.2, 0.25) is 10.0 Å². The first-order valence-corrected chi connectivity index (χ1v) is 11.6. The SMILES string of the molecule is Cc1ccc(N2C(=O)[C@@H](/C=C3/SC(=Nc4cccc(Cl)c4Cl)NC3=O)C(=O)NC2=S)cc1C. The van der Waals surface area contributed by atoms with Gasteiger partial charge in [-0.3, -0.25) is 19.3 Å². The maximum absolute atomic E-state index is 13.2. The van der Waals surface area contributed by atoms with Gasteiger partial charge in [-0.05, 0) is 79.3 Å². The van der Waals surface area contributed by atoms with Gasteiger partial charge in [-0.15, -0.1) is 0 Å². The summed E-state index contributed by atoms with van der Waals surface area (Å²) in [7, 11) is 0. The Morgan fingerprint density at radius 1 is 1.09 bits per heavy atom. The van der Waals surface area contributed by atoms with Crippen LogP contribution in [0.1, 0.15) is 11.1 Å². The fourth-order valence-corrected chi connectivity index (χ4v) is 4.66. The molecule has 2 aliphatic rings. The van der Waals surface area contributed by atoms with Gasteiger partial charge in [0.15, 0.2) is 10.3 Å². The number of aryl methyl sites for hydroxylation is 2. The summed E-state index contributed by atoms with van der Waals surface area (Å²) in [5.41, 5.74) is 2.95. The number of nitrogens with one attached hydrogen (secondary N) is 2. The summed E-state index contributed by atoms with van der Waals surface area (Å²) < 4.78 is 0. The van der Waals surface area contributed by atoms with Crippen LogP contribution < -0.4 is 15.5 Å². The Hall–Kier alpha value is -2.72. The number of thioether (sulfide) groups is 1. The van der Waals surface area contributed by atoms with Crippen LogP contribution in [0.5, 0.6) is 0 Å². The van der Waals surface area contributed by atoms with E-state index in [9.17, 15) is 14.4 Å². The molecule has 0 radical (unpaired) electrons. The highest BCUT2D eigenvalue weighted by molar-refractivity contribution is 8.18. The molecule has 7 nitrogen and oxygen atoms in total. The van der Waals surface area contributed by atoms with Crippen molar-refractivity contribution >= 4 is 86.6 Å². The number of aliphatic imine (C=N–C) groups is 1. The third-order valence-corrected chi connectivity index (χ3v) is 7.09. The minimum absolute atomic E-state index is 0.00993. The number of halogens is 2. The lowest BCUT2D eigenvalue weighted by molar-refractivity contribution is -0.131. The lowest BCUT2D eigenvalue weighted by atomic mass is 10.0. The Kier molecular flexibility index (Phi) is 6.58. The molecule has 11 heteroatoms. The van der Waals surface area contributed by atoms with Gasteiger partial charge in [-0.25, -0.2) is 4.99 Å². The number of hydrogen-bond acceptors (Lipinski definition) is 6. The first-order chi connectivity index (χ1) is 15.7. The van der Waals surface area contributed by atoms with Crippen molar-refractivity contribution in [3.63, 3.8) is 0 Å². The van der Waals surface area contributed by atoms with E-state index in [0.29, 0.717) is 16.4 Å². The molecule has 2 heterocycles. The molecule has 2 aliphatic heterocycles. The van der Waals surface area contributed by atoms with Gasteiger partial charge in [0.05, 0.1) is 26.3 Å². The average molecular weight is 519 g/mol. The third-order valence-electron chi connectivity index (χ3n) is 5.07. The van der Waals surface area contributed by atoms with Gasteiger partial charge in [0, 0.05) is 0 Å². The number of thiocarbonyl (C=S) groups is 1. The van der Waals surface area contributed by atoms with E-state index in [4.69, 9.17) is 35.4 Å². The quantitative estimate of drug-likeness (QED) is 0.356. The monoisotopic (exact) mass is 518 g/mol. The second kappa shape index (κ2) is 9.26. The van der Waals surface area contributed by atoms with Gasteiger partial charge in [0.25, 0.3) is 5.91 Å². The van der Waals surface area contributed by atoms with Crippen LogP contribution in [0.25, 0.3) is 0 Å². The molecule has 0 aliphatic carbocycles. The van der Waals surface area contributed by atoms with Gasteiger partial charge >= 0.3 is 0 Å². The summed E-state index contributed by atoms with van der Waals surface area (Å²) >= 11 is 18.4. The van der Waals surface area contributed by atoms with E-state index in [1.54, 1.807) is 24.3 Å². The van der Waals surface area contributed by atoms with Crippen LogP contribution >= 0.6 is 47.2 Å². The van der Waals surface area contributed by atoms with Crippen molar-refractivity contribution in [1.29, 1.82) is 0 Å². The lowest BCUT2D eigenvalue weighted by Crippen LogP contribution is -2.57. The van der Waals surface area contributed by atoms with E-state index in [0.717, 1.165) is 22.9 Å². The number of hydrogen-bond donors (Lipinski definition) is 2. The Labute approximate surface area is 209 Å². The number of rotatable bonds is 3. The molecule has 2 N–H and O–H groups in total. The Morgan fingerprint density at radius 3 is 2.58 bits per heavy atom. The lowest BCUT2D eigenvalue weighted by Gasteiger charge is -2.31. The van der Waals surface area contributed by atoms with Crippen LogP contribution in [0, 0.1) is 19.8 Å². The number of amides is 3. The number of anilines is 1. The van der Waals surface area contributed by atoms with E-state index in [2.05, 4.69) is 15.6 Å². The van der Waals surface area contributed by atoms with E-state index in [-0.39, 0.29) is 20.2 Å². The van der Waals surface area contributed by atoms with Crippen LogP contribution in [-0.2, 0) is 14.4 Å². The van der Waals surface area contributed by atoms with Crippen LogP contribution in [0.3, 0.4) is 0 Å². The molecular weight excluding hydrogens is 503 g/mol. The topological polar surface area (TPSA) is 90.9 Å². The Balaban J connectivity index is 1.62. The standard InChI is InChI=1S/C22H16Cl2N4O3S2/c1-10-6-7-12(8-11(10)2)28-20(31)13(18(29)27-22(28)32)9-16-19(30)26-21(33-16)25-15-5-3-4-14(23)17(15)24/h3-9,13H,1-2H3,(H,25,26,30)(H,27,29,32)/b16-9+/t13-/m0/s1. The van der Waals surface area contributed by atoms with Crippen molar-refractivity contribution in [2.75, 3.05) is 4.90 Å². The maximum atomic E-state index is 13.2. The first kappa shape index (κ1) is 23.4. The molecule has 1 atom stereocenters. The minimum Gasteiger partial charge on any atom is -0.301 e. The van der Waals surface area contributed by atoms with E-state index in [1.807, 2.05) is 26.0 Å². The number of amidine groups is 1. The molecule has 0 aromatic heterocycles. The zero-order valence-electron chi connectivity index (χ0n) is 17.3. The Morgan fingerprint density at radius 2 is 1.85 bits per heavy atom. The predicted molar refractivity (Wildman–Crippen MR) is 135 cm³/mol. The largest absolute Gasteiger partial charge is 0.301 e. The van der Waals surface area contributed by atoms with Gasteiger partial charge < -0.3 is 10.6 Å². The predicted octanol–water partition coefficient (Wildman–Crippen LogP) is 4.41. The molecule has 4 rings (SSSR count). The van der Waals surface area contributed by atoms with Crippen molar-refractivity contribution in [2.24, 2.45) is 10.9 Å². The second-order valence-corrected chi connectivity index (χ2v) is 9.49. The highest BCUT2D eigenvalue weighted by Gasteiger charge is 2.40. The van der Waals surface area contributed by atoms with Gasteiger partial charge in [-0.1, -0.05) is 35.3 Å². The van der Waals surface area contributed by atoms with E-state index in [1.165, 1.54) is 11.0 Å². The fraction of sp³-hybridized carbons (Fsp3) is 0.136. The number of carbonyl (C=O) groups excluding carboxylic acids is 3. The number of nitrogens with zero attached hydrogens (tertiary/aromatic N) is 2. The third kappa shape index (κ3) is 4.67. The summed E-state index contributed by atoms with van der Waals surface area (Å²) in [5, 5.41) is 5.97. The van der Waals surface area contributed by atoms with Crippen molar-refractivity contribution in [1.82, 2.24) is 10.6 Å². The molecule has 0 spiro atoms. The van der Waals surface area contributed by atoms with Crippen molar-refractivity contribution in [2.45, 2.75) is 13.8 Å². The molecule has 0 saturated carbocycles.